The van der Waals surface area contributed by atoms with Crippen LogP contribution in [0.3, 0.4) is 0 Å². The summed E-state index contributed by atoms with van der Waals surface area (Å²) in [5, 5.41) is 1.11. The van der Waals surface area contributed by atoms with Crippen LogP contribution in [0.5, 0.6) is 0 Å². The fourth-order valence-electron chi connectivity index (χ4n) is 1.86. The minimum Gasteiger partial charge on any atom is -0.397 e. The predicted octanol–water partition coefficient (Wildman–Crippen LogP) is 3.78. The van der Waals surface area contributed by atoms with Gasteiger partial charge in [-0.15, -0.1) is 0 Å². The number of amides is 1. The van der Waals surface area contributed by atoms with Gasteiger partial charge < -0.3 is 10.6 Å². The number of nitrogens with two attached hydrogens (primary N) is 1. The van der Waals surface area contributed by atoms with E-state index in [9.17, 15) is 4.79 Å². The first-order valence-corrected chi connectivity index (χ1v) is 6.79. The number of rotatable bonds is 3. The number of nitrogen functional groups attached to an aromatic ring is 1. The van der Waals surface area contributed by atoms with E-state index in [-0.39, 0.29) is 12.3 Å². The SMILES string of the molecule is CN(C(=O)Cc1ccccc1Cl)c1cc(Cl)ccc1N. The third-order valence-electron chi connectivity index (χ3n) is 3.03. The molecule has 0 aliphatic heterocycles. The Balaban J connectivity index is 2.21. The molecule has 0 unspecified atom stereocenters. The number of halogens is 2. The van der Waals surface area contributed by atoms with Crippen LogP contribution in [-0.2, 0) is 11.2 Å². The normalized spacial score (nSPS) is 10.3. The largest absolute Gasteiger partial charge is 0.397 e. The van der Waals surface area contributed by atoms with Crippen LogP contribution >= 0.6 is 23.2 Å². The molecule has 3 nitrogen and oxygen atoms in total. The van der Waals surface area contributed by atoms with Crippen molar-refractivity contribution in [2.45, 2.75) is 6.42 Å². The summed E-state index contributed by atoms with van der Waals surface area (Å²) in [5.41, 5.74) is 7.75. The van der Waals surface area contributed by atoms with Crippen LogP contribution in [0.2, 0.25) is 10.0 Å². The highest BCUT2D eigenvalue weighted by molar-refractivity contribution is 6.31. The zero-order valence-electron chi connectivity index (χ0n) is 10.9. The highest BCUT2D eigenvalue weighted by atomic mass is 35.5. The van der Waals surface area contributed by atoms with E-state index in [1.165, 1.54) is 4.90 Å². The molecular formula is C15H14Cl2N2O. The van der Waals surface area contributed by atoms with E-state index < -0.39 is 0 Å². The molecule has 0 atom stereocenters. The van der Waals surface area contributed by atoms with Crippen molar-refractivity contribution in [3.8, 4) is 0 Å². The van der Waals surface area contributed by atoms with E-state index >= 15 is 0 Å². The number of anilines is 2. The molecule has 2 rings (SSSR count). The van der Waals surface area contributed by atoms with Crippen molar-refractivity contribution in [3.63, 3.8) is 0 Å². The molecule has 0 radical (unpaired) electrons. The maximum Gasteiger partial charge on any atom is 0.231 e. The van der Waals surface area contributed by atoms with Crippen LogP contribution in [0, 0.1) is 0 Å². The number of benzene rings is 2. The van der Waals surface area contributed by atoms with Crippen LogP contribution in [-0.4, -0.2) is 13.0 Å². The van der Waals surface area contributed by atoms with Gasteiger partial charge in [-0.25, -0.2) is 0 Å². The van der Waals surface area contributed by atoms with Crippen molar-refractivity contribution >= 4 is 40.5 Å². The second kappa shape index (κ2) is 6.16. The number of hydrogen-bond donors (Lipinski definition) is 1. The Bertz CT molecular complexity index is 644. The summed E-state index contributed by atoms with van der Waals surface area (Å²) in [5.74, 6) is -0.105. The Kier molecular flexibility index (Phi) is 4.53. The van der Waals surface area contributed by atoms with Gasteiger partial charge in [-0.1, -0.05) is 41.4 Å². The van der Waals surface area contributed by atoms with Gasteiger partial charge in [-0.05, 0) is 29.8 Å². The fraction of sp³-hybridized carbons (Fsp3) is 0.133. The van der Waals surface area contributed by atoms with Crippen LogP contribution in [0.4, 0.5) is 11.4 Å². The average molecular weight is 309 g/mol. The average Bonchev–Trinajstić information content (AvgIpc) is 2.43. The molecule has 0 aromatic heterocycles. The molecule has 0 heterocycles. The molecule has 0 saturated carbocycles. The smallest absolute Gasteiger partial charge is 0.231 e. The van der Waals surface area contributed by atoms with Gasteiger partial charge in [0.05, 0.1) is 17.8 Å². The fourth-order valence-corrected chi connectivity index (χ4v) is 2.23. The van der Waals surface area contributed by atoms with Gasteiger partial charge in [0, 0.05) is 17.1 Å². The Hall–Kier alpha value is -1.71. The summed E-state index contributed by atoms with van der Waals surface area (Å²) in [4.78, 5) is 13.8. The number of carbonyl (C=O) groups excluding carboxylic acids is 1. The summed E-state index contributed by atoms with van der Waals surface area (Å²) in [6, 6.07) is 12.3. The first-order valence-electron chi connectivity index (χ1n) is 6.04. The molecule has 1 amide bonds. The van der Waals surface area contributed by atoms with Gasteiger partial charge in [-0.3, -0.25) is 4.79 Å². The molecule has 0 bridgehead atoms. The number of nitrogens with zero attached hydrogens (tertiary/aromatic N) is 1. The third kappa shape index (κ3) is 3.24. The summed E-state index contributed by atoms with van der Waals surface area (Å²) in [6.07, 6.45) is 0.210. The Labute approximate surface area is 127 Å². The molecule has 104 valence electrons. The third-order valence-corrected chi connectivity index (χ3v) is 3.63. The van der Waals surface area contributed by atoms with Crippen molar-refractivity contribution in [2.75, 3.05) is 17.7 Å². The topological polar surface area (TPSA) is 46.3 Å². The van der Waals surface area contributed by atoms with Gasteiger partial charge in [0.2, 0.25) is 5.91 Å². The van der Waals surface area contributed by atoms with Crippen LogP contribution in [0.1, 0.15) is 5.56 Å². The number of likely N-dealkylation sites (N-methyl/N-ethyl adjacent to an activating group) is 1. The highest BCUT2D eigenvalue weighted by Gasteiger charge is 2.15. The van der Waals surface area contributed by atoms with Crippen molar-refractivity contribution in [2.24, 2.45) is 0 Å². The van der Waals surface area contributed by atoms with E-state index in [1.807, 2.05) is 18.2 Å². The second-order valence-electron chi connectivity index (χ2n) is 4.42. The molecule has 2 N–H and O–H groups in total. The molecule has 5 heteroatoms. The molecule has 2 aromatic carbocycles. The maximum absolute atomic E-state index is 12.3. The molecule has 0 aliphatic carbocycles. The zero-order chi connectivity index (χ0) is 14.7. The van der Waals surface area contributed by atoms with Gasteiger partial charge in [0.1, 0.15) is 0 Å². The van der Waals surface area contributed by atoms with Crippen LogP contribution in [0.15, 0.2) is 42.5 Å². The van der Waals surface area contributed by atoms with E-state index in [2.05, 4.69) is 0 Å². The molecule has 20 heavy (non-hydrogen) atoms. The van der Waals surface area contributed by atoms with Crippen molar-refractivity contribution < 1.29 is 4.79 Å². The zero-order valence-corrected chi connectivity index (χ0v) is 12.4. The van der Waals surface area contributed by atoms with Crippen LogP contribution in [0.25, 0.3) is 0 Å². The summed E-state index contributed by atoms with van der Waals surface area (Å²) in [6.45, 7) is 0. The minimum atomic E-state index is -0.105. The first-order chi connectivity index (χ1) is 9.49. The molecule has 2 aromatic rings. The summed E-state index contributed by atoms with van der Waals surface area (Å²) >= 11 is 12.0. The Morgan fingerprint density at radius 3 is 2.60 bits per heavy atom. The van der Waals surface area contributed by atoms with Gasteiger partial charge in [-0.2, -0.15) is 0 Å². The maximum atomic E-state index is 12.3. The van der Waals surface area contributed by atoms with Gasteiger partial charge in [0.25, 0.3) is 0 Å². The second-order valence-corrected chi connectivity index (χ2v) is 5.27. The Morgan fingerprint density at radius 1 is 1.20 bits per heavy atom. The lowest BCUT2D eigenvalue weighted by atomic mass is 10.1. The highest BCUT2D eigenvalue weighted by Crippen LogP contribution is 2.27. The molecule has 0 fully saturated rings. The molecule has 0 saturated heterocycles. The molecule has 0 spiro atoms. The lowest BCUT2D eigenvalue weighted by Gasteiger charge is -2.19. The van der Waals surface area contributed by atoms with E-state index in [4.69, 9.17) is 28.9 Å². The monoisotopic (exact) mass is 308 g/mol. The van der Waals surface area contributed by atoms with Crippen LogP contribution < -0.4 is 10.6 Å². The van der Waals surface area contributed by atoms with Crippen molar-refractivity contribution in [1.29, 1.82) is 0 Å². The van der Waals surface area contributed by atoms with Gasteiger partial charge >= 0.3 is 0 Å². The lowest BCUT2D eigenvalue weighted by molar-refractivity contribution is -0.117. The summed E-state index contributed by atoms with van der Waals surface area (Å²) in [7, 11) is 1.67. The molecular weight excluding hydrogens is 295 g/mol. The number of carbonyl (C=O) groups is 1. The van der Waals surface area contributed by atoms with E-state index in [0.717, 1.165) is 5.56 Å². The van der Waals surface area contributed by atoms with E-state index in [1.54, 1.807) is 31.3 Å². The summed E-state index contributed by atoms with van der Waals surface area (Å²) < 4.78 is 0. The van der Waals surface area contributed by atoms with Crippen molar-refractivity contribution in [3.05, 3.63) is 58.1 Å². The standard InChI is InChI=1S/C15H14Cl2N2O/c1-19(14-9-11(16)6-7-13(14)18)15(20)8-10-4-2-3-5-12(10)17/h2-7,9H,8,18H2,1H3. The Morgan fingerprint density at radius 2 is 1.90 bits per heavy atom. The predicted molar refractivity (Wildman–Crippen MR) is 84.4 cm³/mol. The minimum absolute atomic E-state index is 0.105. The first kappa shape index (κ1) is 14.7. The lowest BCUT2D eigenvalue weighted by Crippen LogP contribution is -2.28. The molecule has 0 aliphatic rings. The van der Waals surface area contributed by atoms with Gasteiger partial charge in [0.15, 0.2) is 0 Å². The van der Waals surface area contributed by atoms with E-state index in [0.29, 0.717) is 21.4 Å². The number of hydrogen-bond acceptors (Lipinski definition) is 2. The van der Waals surface area contributed by atoms with Crippen molar-refractivity contribution in [1.82, 2.24) is 0 Å². The quantitative estimate of drug-likeness (QED) is 0.877.